The summed E-state index contributed by atoms with van der Waals surface area (Å²) >= 11 is 1.54. The van der Waals surface area contributed by atoms with Gasteiger partial charge in [0.05, 0.1) is 15.7 Å². The van der Waals surface area contributed by atoms with Crippen LogP contribution >= 0.6 is 11.3 Å². The predicted molar refractivity (Wildman–Crippen MR) is 99.8 cm³/mol. The molecule has 0 unspecified atom stereocenters. The average molecular weight is 372 g/mol. The van der Waals surface area contributed by atoms with E-state index in [1.807, 2.05) is 26.0 Å². The SMILES string of the molecule is CC(C)NC(=O)OC1CC(c2cc(Nc3nccc4ncsc34)n[nH]2)C1. The number of nitrogens with zero attached hydrogens (tertiary/aromatic N) is 3. The fraction of sp³-hybridized carbons (Fsp3) is 0.412. The number of thiazole rings is 1. The summed E-state index contributed by atoms with van der Waals surface area (Å²) in [5.74, 6) is 1.79. The van der Waals surface area contributed by atoms with Crippen molar-refractivity contribution in [1.29, 1.82) is 0 Å². The average Bonchev–Trinajstić information content (AvgIpc) is 3.19. The van der Waals surface area contributed by atoms with E-state index in [0.717, 1.165) is 40.4 Å². The third kappa shape index (κ3) is 3.48. The summed E-state index contributed by atoms with van der Waals surface area (Å²) in [4.78, 5) is 20.3. The largest absolute Gasteiger partial charge is 0.446 e. The Labute approximate surface area is 154 Å². The number of hydrogen-bond acceptors (Lipinski definition) is 7. The van der Waals surface area contributed by atoms with Gasteiger partial charge < -0.3 is 15.4 Å². The van der Waals surface area contributed by atoms with Crippen LogP contribution in [0.5, 0.6) is 0 Å². The lowest BCUT2D eigenvalue weighted by Gasteiger charge is -2.33. The van der Waals surface area contributed by atoms with Crippen molar-refractivity contribution in [3.8, 4) is 0 Å². The maximum Gasteiger partial charge on any atom is 0.407 e. The minimum absolute atomic E-state index is 0.0360. The summed E-state index contributed by atoms with van der Waals surface area (Å²) in [6.07, 6.45) is 2.95. The number of nitrogens with one attached hydrogen (secondary N) is 3. The second kappa shape index (κ2) is 6.91. The number of alkyl carbamates (subject to hydrolysis) is 1. The Morgan fingerprint density at radius 2 is 2.23 bits per heavy atom. The van der Waals surface area contributed by atoms with Gasteiger partial charge in [-0.2, -0.15) is 5.10 Å². The van der Waals surface area contributed by atoms with Crippen molar-refractivity contribution in [3.05, 3.63) is 29.5 Å². The molecule has 0 saturated heterocycles. The maximum atomic E-state index is 11.6. The lowest BCUT2D eigenvalue weighted by Crippen LogP contribution is -2.38. The molecule has 0 spiro atoms. The summed E-state index contributed by atoms with van der Waals surface area (Å²) in [5.41, 5.74) is 3.76. The van der Waals surface area contributed by atoms with Gasteiger partial charge in [0.1, 0.15) is 6.10 Å². The lowest BCUT2D eigenvalue weighted by atomic mass is 9.80. The molecule has 26 heavy (non-hydrogen) atoms. The van der Waals surface area contributed by atoms with Crippen LogP contribution in [0.3, 0.4) is 0 Å². The van der Waals surface area contributed by atoms with Gasteiger partial charge in [-0.15, -0.1) is 11.3 Å². The lowest BCUT2D eigenvalue weighted by molar-refractivity contribution is 0.0374. The number of hydrogen-bond donors (Lipinski definition) is 3. The molecule has 0 bridgehead atoms. The zero-order valence-corrected chi connectivity index (χ0v) is 15.3. The van der Waals surface area contributed by atoms with Gasteiger partial charge in [-0.05, 0) is 32.8 Å². The number of H-pyrrole nitrogens is 1. The number of amides is 1. The molecule has 0 aliphatic heterocycles. The number of aromatic amines is 1. The molecule has 0 radical (unpaired) electrons. The summed E-state index contributed by atoms with van der Waals surface area (Å²) < 4.78 is 6.38. The molecular weight excluding hydrogens is 352 g/mol. The van der Waals surface area contributed by atoms with E-state index < -0.39 is 0 Å². The van der Waals surface area contributed by atoms with E-state index in [4.69, 9.17) is 4.74 Å². The highest BCUT2D eigenvalue weighted by atomic mass is 32.1. The molecule has 1 amide bonds. The monoisotopic (exact) mass is 372 g/mol. The number of anilines is 2. The van der Waals surface area contributed by atoms with Gasteiger partial charge >= 0.3 is 6.09 Å². The van der Waals surface area contributed by atoms with Crippen molar-refractivity contribution >= 4 is 39.3 Å². The number of rotatable bonds is 5. The number of carbonyl (C=O) groups is 1. The second-order valence-corrected chi connectivity index (χ2v) is 7.54. The van der Waals surface area contributed by atoms with E-state index in [2.05, 4.69) is 30.8 Å². The van der Waals surface area contributed by atoms with Crippen LogP contribution < -0.4 is 10.6 Å². The van der Waals surface area contributed by atoms with Crippen LogP contribution in [0, 0.1) is 0 Å². The minimum atomic E-state index is -0.348. The van der Waals surface area contributed by atoms with Gasteiger partial charge in [-0.25, -0.2) is 14.8 Å². The van der Waals surface area contributed by atoms with Gasteiger partial charge in [0, 0.05) is 29.9 Å². The Hall–Kier alpha value is -2.68. The van der Waals surface area contributed by atoms with Crippen molar-refractivity contribution in [3.63, 3.8) is 0 Å². The Balaban J connectivity index is 1.35. The maximum absolute atomic E-state index is 11.6. The van der Waals surface area contributed by atoms with Crippen LogP contribution in [0.15, 0.2) is 23.8 Å². The molecule has 136 valence electrons. The second-order valence-electron chi connectivity index (χ2n) is 6.69. The van der Waals surface area contributed by atoms with Crippen molar-refractivity contribution in [2.45, 2.75) is 44.8 Å². The van der Waals surface area contributed by atoms with Crippen LogP contribution in [0.4, 0.5) is 16.4 Å². The number of carbonyl (C=O) groups excluding carboxylic acids is 1. The molecule has 0 atom stereocenters. The smallest absolute Gasteiger partial charge is 0.407 e. The standard InChI is InChI=1S/C17H20N6O2S/c1-9(2)20-17(24)25-11-5-10(6-11)13-7-14(23-22-13)21-16-15-12(3-4-18-16)19-8-26-15/h3-4,7-11H,5-6H2,1-2H3,(H,20,24)(H2,18,21,22,23). The van der Waals surface area contributed by atoms with E-state index in [1.54, 1.807) is 23.0 Å². The van der Waals surface area contributed by atoms with E-state index in [9.17, 15) is 4.79 Å². The van der Waals surface area contributed by atoms with E-state index in [0.29, 0.717) is 5.92 Å². The first kappa shape index (κ1) is 16.8. The fourth-order valence-corrected chi connectivity index (χ4v) is 3.68. The predicted octanol–water partition coefficient (Wildman–Crippen LogP) is 3.54. The van der Waals surface area contributed by atoms with Crippen LogP contribution in [0.25, 0.3) is 10.2 Å². The van der Waals surface area contributed by atoms with Crippen LogP contribution in [0.1, 0.15) is 38.3 Å². The Morgan fingerprint density at radius 3 is 3.04 bits per heavy atom. The summed E-state index contributed by atoms with van der Waals surface area (Å²) in [5, 5.41) is 13.4. The molecule has 3 N–H and O–H groups in total. The van der Waals surface area contributed by atoms with Gasteiger partial charge in [-0.3, -0.25) is 5.10 Å². The molecule has 8 nitrogen and oxygen atoms in total. The molecule has 1 saturated carbocycles. The molecule has 9 heteroatoms. The zero-order chi connectivity index (χ0) is 18.1. The molecule has 3 aromatic rings. The number of ether oxygens (including phenoxy) is 1. The summed E-state index contributed by atoms with van der Waals surface area (Å²) in [6, 6.07) is 3.95. The normalized spacial score (nSPS) is 19.3. The number of aromatic nitrogens is 4. The number of pyridine rings is 1. The van der Waals surface area contributed by atoms with Crippen LogP contribution in [-0.2, 0) is 4.74 Å². The first-order valence-electron chi connectivity index (χ1n) is 8.56. The van der Waals surface area contributed by atoms with Crippen molar-refractivity contribution in [2.75, 3.05) is 5.32 Å². The first-order valence-corrected chi connectivity index (χ1v) is 9.44. The highest BCUT2D eigenvalue weighted by molar-refractivity contribution is 7.17. The van der Waals surface area contributed by atoms with E-state index in [-0.39, 0.29) is 18.2 Å². The Bertz CT molecular complexity index is 915. The zero-order valence-electron chi connectivity index (χ0n) is 14.5. The highest BCUT2D eigenvalue weighted by Gasteiger charge is 2.34. The molecule has 1 aliphatic carbocycles. The quantitative estimate of drug-likeness (QED) is 0.633. The molecule has 1 aliphatic rings. The molecule has 4 rings (SSSR count). The molecule has 3 aromatic heterocycles. The molecular formula is C17H20N6O2S. The summed E-state index contributed by atoms with van der Waals surface area (Å²) in [7, 11) is 0. The Morgan fingerprint density at radius 1 is 1.38 bits per heavy atom. The van der Waals surface area contributed by atoms with Crippen LogP contribution in [0.2, 0.25) is 0 Å². The third-order valence-electron chi connectivity index (χ3n) is 4.31. The van der Waals surface area contributed by atoms with Crippen molar-refractivity contribution < 1.29 is 9.53 Å². The van der Waals surface area contributed by atoms with Crippen molar-refractivity contribution in [1.82, 2.24) is 25.5 Å². The van der Waals surface area contributed by atoms with E-state index in [1.165, 1.54) is 0 Å². The van der Waals surface area contributed by atoms with E-state index >= 15 is 0 Å². The topological polar surface area (TPSA) is 105 Å². The third-order valence-corrected chi connectivity index (χ3v) is 5.15. The molecule has 3 heterocycles. The molecule has 1 fully saturated rings. The highest BCUT2D eigenvalue weighted by Crippen LogP contribution is 2.39. The van der Waals surface area contributed by atoms with Gasteiger partial charge in [0.2, 0.25) is 0 Å². The fourth-order valence-electron chi connectivity index (χ4n) is 2.95. The minimum Gasteiger partial charge on any atom is -0.446 e. The van der Waals surface area contributed by atoms with Gasteiger partial charge in [0.15, 0.2) is 11.6 Å². The number of fused-ring (bicyclic) bond motifs is 1. The summed E-state index contributed by atoms with van der Waals surface area (Å²) in [6.45, 7) is 3.82. The molecule has 0 aromatic carbocycles. The van der Waals surface area contributed by atoms with Crippen molar-refractivity contribution in [2.24, 2.45) is 0 Å². The Kier molecular flexibility index (Phi) is 4.46. The van der Waals surface area contributed by atoms with Crippen LogP contribution in [-0.4, -0.2) is 38.4 Å². The van der Waals surface area contributed by atoms with Gasteiger partial charge in [-0.1, -0.05) is 0 Å². The van der Waals surface area contributed by atoms with Gasteiger partial charge in [0.25, 0.3) is 0 Å². The first-order chi connectivity index (χ1) is 12.6.